The number of carbonyl (C=O) groups is 1. The Bertz CT molecular complexity index is 603. The molecule has 2 aromatic rings. The van der Waals surface area contributed by atoms with Gasteiger partial charge >= 0.3 is 5.97 Å². The van der Waals surface area contributed by atoms with Crippen molar-refractivity contribution in [2.45, 2.75) is 4.90 Å². The first-order valence-electron chi connectivity index (χ1n) is 5.08. The van der Waals surface area contributed by atoms with E-state index in [1.807, 2.05) is 0 Å². The SMILES string of the molecule is COc1cc2c(SCC(=O)O)ccnc2cc1Cl. The number of pyridine rings is 1. The molecule has 0 aliphatic carbocycles. The van der Waals surface area contributed by atoms with Gasteiger partial charge in [0.1, 0.15) is 5.75 Å². The highest BCUT2D eigenvalue weighted by Gasteiger charge is 2.09. The van der Waals surface area contributed by atoms with Crippen LogP contribution in [0.1, 0.15) is 0 Å². The summed E-state index contributed by atoms with van der Waals surface area (Å²) in [7, 11) is 1.54. The van der Waals surface area contributed by atoms with Gasteiger partial charge in [-0.3, -0.25) is 9.78 Å². The van der Waals surface area contributed by atoms with Crippen LogP contribution in [0.3, 0.4) is 0 Å². The Labute approximate surface area is 113 Å². The van der Waals surface area contributed by atoms with E-state index < -0.39 is 5.97 Å². The van der Waals surface area contributed by atoms with E-state index in [0.717, 1.165) is 15.8 Å². The molecule has 0 bridgehead atoms. The maximum atomic E-state index is 10.6. The lowest BCUT2D eigenvalue weighted by molar-refractivity contribution is -0.133. The summed E-state index contributed by atoms with van der Waals surface area (Å²) in [5, 5.41) is 10.0. The molecular formula is C12H10ClNO3S. The average molecular weight is 284 g/mol. The van der Waals surface area contributed by atoms with Crippen molar-refractivity contribution < 1.29 is 14.6 Å². The van der Waals surface area contributed by atoms with Gasteiger partial charge in [-0.2, -0.15) is 0 Å². The second kappa shape index (κ2) is 5.46. The summed E-state index contributed by atoms with van der Waals surface area (Å²) >= 11 is 7.26. The molecule has 18 heavy (non-hydrogen) atoms. The van der Waals surface area contributed by atoms with Crippen molar-refractivity contribution >= 4 is 40.2 Å². The quantitative estimate of drug-likeness (QED) is 0.874. The van der Waals surface area contributed by atoms with Gasteiger partial charge in [0.25, 0.3) is 0 Å². The summed E-state index contributed by atoms with van der Waals surface area (Å²) in [6.07, 6.45) is 1.63. The summed E-state index contributed by atoms with van der Waals surface area (Å²) in [6, 6.07) is 5.26. The minimum Gasteiger partial charge on any atom is -0.495 e. The van der Waals surface area contributed by atoms with E-state index in [0.29, 0.717) is 10.8 Å². The number of halogens is 1. The van der Waals surface area contributed by atoms with Gasteiger partial charge in [-0.25, -0.2) is 0 Å². The normalized spacial score (nSPS) is 10.6. The zero-order valence-electron chi connectivity index (χ0n) is 9.51. The zero-order valence-corrected chi connectivity index (χ0v) is 11.1. The molecule has 1 heterocycles. The number of fused-ring (bicyclic) bond motifs is 1. The Morgan fingerprint density at radius 3 is 3.00 bits per heavy atom. The van der Waals surface area contributed by atoms with Crippen molar-refractivity contribution in [1.82, 2.24) is 4.98 Å². The lowest BCUT2D eigenvalue weighted by Gasteiger charge is -2.08. The van der Waals surface area contributed by atoms with E-state index in [4.69, 9.17) is 21.4 Å². The van der Waals surface area contributed by atoms with Crippen molar-refractivity contribution in [2.75, 3.05) is 12.9 Å². The summed E-state index contributed by atoms with van der Waals surface area (Å²) in [6.45, 7) is 0. The van der Waals surface area contributed by atoms with Crippen LogP contribution in [0.15, 0.2) is 29.3 Å². The van der Waals surface area contributed by atoms with Crippen LogP contribution in [0, 0.1) is 0 Å². The third kappa shape index (κ3) is 2.68. The highest BCUT2D eigenvalue weighted by Crippen LogP contribution is 2.34. The van der Waals surface area contributed by atoms with Crippen LogP contribution in [-0.4, -0.2) is 28.9 Å². The van der Waals surface area contributed by atoms with E-state index in [2.05, 4.69) is 4.98 Å². The standard InChI is InChI=1S/C12H10ClNO3S/c1-17-10-4-7-9(5-8(10)13)14-3-2-11(7)18-6-12(15)16/h2-5H,6H2,1H3,(H,15,16). The molecule has 0 spiro atoms. The van der Waals surface area contributed by atoms with E-state index in [-0.39, 0.29) is 5.75 Å². The highest BCUT2D eigenvalue weighted by atomic mass is 35.5. The molecule has 0 saturated carbocycles. The van der Waals surface area contributed by atoms with Crippen LogP contribution in [-0.2, 0) is 4.79 Å². The monoisotopic (exact) mass is 283 g/mol. The maximum Gasteiger partial charge on any atom is 0.313 e. The van der Waals surface area contributed by atoms with E-state index in [1.165, 1.54) is 18.9 Å². The molecule has 1 N–H and O–H groups in total. The van der Waals surface area contributed by atoms with E-state index in [9.17, 15) is 4.79 Å². The first-order valence-corrected chi connectivity index (χ1v) is 6.45. The van der Waals surface area contributed by atoms with Gasteiger partial charge in [0.05, 0.1) is 23.4 Å². The van der Waals surface area contributed by atoms with E-state index >= 15 is 0 Å². The van der Waals surface area contributed by atoms with Crippen LogP contribution >= 0.6 is 23.4 Å². The molecule has 1 aromatic carbocycles. The van der Waals surface area contributed by atoms with Crippen LogP contribution in [0.5, 0.6) is 5.75 Å². The lowest BCUT2D eigenvalue weighted by atomic mass is 10.2. The average Bonchev–Trinajstić information content (AvgIpc) is 2.35. The van der Waals surface area contributed by atoms with Gasteiger partial charge in [0, 0.05) is 16.5 Å². The van der Waals surface area contributed by atoms with E-state index in [1.54, 1.807) is 24.4 Å². The zero-order chi connectivity index (χ0) is 13.1. The summed E-state index contributed by atoms with van der Waals surface area (Å²) < 4.78 is 5.15. The topological polar surface area (TPSA) is 59.4 Å². The highest BCUT2D eigenvalue weighted by molar-refractivity contribution is 8.00. The Morgan fingerprint density at radius 1 is 1.56 bits per heavy atom. The molecule has 0 fully saturated rings. The molecule has 0 atom stereocenters. The van der Waals surface area contributed by atoms with Gasteiger partial charge < -0.3 is 9.84 Å². The fourth-order valence-corrected chi connectivity index (χ4v) is 2.53. The molecule has 0 unspecified atom stereocenters. The number of methoxy groups -OCH3 is 1. The fraction of sp³-hybridized carbons (Fsp3) is 0.167. The summed E-state index contributed by atoms with van der Waals surface area (Å²) in [5.41, 5.74) is 0.719. The largest absolute Gasteiger partial charge is 0.495 e. The Hall–Kier alpha value is -1.46. The van der Waals surface area contributed by atoms with Crippen LogP contribution in [0.25, 0.3) is 10.9 Å². The molecule has 0 amide bonds. The minimum absolute atomic E-state index is 0.00402. The van der Waals surface area contributed by atoms with Gasteiger partial charge in [0.15, 0.2) is 0 Å². The van der Waals surface area contributed by atoms with Crippen molar-refractivity contribution in [3.63, 3.8) is 0 Å². The van der Waals surface area contributed by atoms with Crippen LogP contribution in [0.2, 0.25) is 5.02 Å². The van der Waals surface area contributed by atoms with Crippen molar-refractivity contribution in [2.24, 2.45) is 0 Å². The van der Waals surface area contributed by atoms with Gasteiger partial charge in [0.2, 0.25) is 0 Å². The Balaban J connectivity index is 2.49. The number of carboxylic acid groups (broad SMARTS) is 1. The molecule has 4 nitrogen and oxygen atoms in total. The van der Waals surface area contributed by atoms with Gasteiger partial charge in [-0.05, 0) is 18.2 Å². The number of nitrogens with zero attached hydrogens (tertiary/aromatic N) is 1. The number of hydrogen-bond acceptors (Lipinski definition) is 4. The molecule has 0 radical (unpaired) electrons. The molecule has 1 aromatic heterocycles. The lowest BCUT2D eigenvalue weighted by Crippen LogP contribution is -1.97. The molecular weight excluding hydrogens is 274 g/mol. The number of rotatable bonds is 4. The third-order valence-electron chi connectivity index (χ3n) is 2.33. The minimum atomic E-state index is -0.856. The van der Waals surface area contributed by atoms with Crippen molar-refractivity contribution in [3.05, 3.63) is 29.4 Å². The number of ether oxygens (including phenoxy) is 1. The van der Waals surface area contributed by atoms with Crippen LogP contribution in [0.4, 0.5) is 0 Å². The van der Waals surface area contributed by atoms with Crippen LogP contribution < -0.4 is 4.74 Å². The molecule has 0 aliphatic rings. The molecule has 0 aliphatic heterocycles. The Morgan fingerprint density at radius 2 is 2.33 bits per heavy atom. The molecule has 0 saturated heterocycles. The number of benzene rings is 1. The first kappa shape index (κ1) is 13.0. The smallest absolute Gasteiger partial charge is 0.313 e. The molecule has 6 heteroatoms. The van der Waals surface area contributed by atoms with Crippen molar-refractivity contribution in [1.29, 1.82) is 0 Å². The summed E-state index contributed by atoms with van der Waals surface area (Å²) in [5.74, 6) is -0.301. The Kier molecular flexibility index (Phi) is 3.93. The second-order valence-corrected chi connectivity index (χ2v) is 4.92. The second-order valence-electron chi connectivity index (χ2n) is 3.50. The maximum absolute atomic E-state index is 10.6. The fourth-order valence-electron chi connectivity index (χ4n) is 1.54. The number of aromatic nitrogens is 1. The predicted molar refractivity (Wildman–Crippen MR) is 71.7 cm³/mol. The number of hydrogen-bond donors (Lipinski definition) is 1. The predicted octanol–water partition coefficient (Wildman–Crippen LogP) is 3.07. The third-order valence-corrected chi connectivity index (χ3v) is 3.68. The number of carboxylic acids is 1. The molecule has 2 rings (SSSR count). The van der Waals surface area contributed by atoms with Gasteiger partial charge in [-0.15, -0.1) is 11.8 Å². The van der Waals surface area contributed by atoms with Gasteiger partial charge in [-0.1, -0.05) is 11.6 Å². The number of thioether (sulfide) groups is 1. The summed E-state index contributed by atoms with van der Waals surface area (Å²) in [4.78, 5) is 15.7. The number of aliphatic carboxylic acids is 1. The van der Waals surface area contributed by atoms with Crippen molar-refractivity contribution in [3.8, 4) is 5.75 Å². The molecule has 94 valence electrons. The first-order chi connectivity index (χ1) is 8.61.